The van der Waals surface area contributed by atoms with Crippen LogP contribution in [0, 0.1) is 11.6 Å². The molecule has 3 aromatic carbocycles. The number of methoxy groups -OCH3 is 1. The molecule has 2 N–H and O–H groups in total. The van der Waals surface area contributed by atoms with Crippen molar-refractivity contribution >= 4 is 16.9 Å². The van der Waals surface area contributed by atoms with E-state index >= 15 is 0 Å². The first-order valence-corrected chi connectivity index (χ1v) is 11.7. The molecule has 6 rings (SSSR count). The molecule has 3 heterocycles. The molecule has 2 aromatic heterocycles. The maximum absolute atomic E-state index is 14.5. The van der Waals surface area contributed by atoms with Gasteiger partial charge in [0.05, 0.1) is 13.2 Å². The van der Waals surface area contributed by atoms with Gasteiger partial charge >= 0.3 is 5.97 Å². The highest BCUT2D eigenvalue weighted by molar-refractivity contribution is 5.87. The molecule has 0 fully saturated rings. The Labute approximate surface area is 210 Å². The zero-order chi connectivity index (χ0) is 25.5. The summed E-state index contributed by atoms with van der Waals surface area (Å²) < 4.78 is 34.1. The Kier molecular flexibility index (Phi) is 5.72. The van der Waals surface area contributed by atoms with E-state index in [1.165, 1.54) is 19.2 Å². The van der Waals surface area contributed by atoms with Gasteiger partial charge in [-0.2, -0.15) is 5.21 Å². The summed E-state index contributed by atoms with van der Waals surface area (Å²) in [5, 5.41) is 15.1. The third kappa shape index (κ3) is 4.15. The average molecular weight is 501 g/mol. The number of H-pyrrole nitrogens is 2. The molecule has 0 bridgehead atoms. The third-order valence-corrected chi connectivity index (χ3v) is 6.82. The minimum atomic E-state index is -0.693. The molecule has 0 unspecified atom stereocenters. The van der Waals surface area contributed by atoms with E-state index in [4.69, 9.17) is 4.74 Å². The van der Waals surface area contributed by atoms with Crippen molar-refractivity contribution in [3.63, 3.8) is 0 Å². The van der Waals surface area contributed by atoms with Gasteiger partial charge < -0.3 is 9.72 Å². The Morgan fingerprint density at radius 3 is 2.65 bits per heavy atom. The highest BCUT2D eigenvalue weighted by Crippen LogP contribution is 2.42. The number of benzene rings is 3. The van der Waals surface area contributed by atoms with Gasteiger partial charge in [-0.25, -0.2) is 8.78 Å². The quantitative estimate of drug-likeness (QED) is 0.349. The van der Waals surface area contributed by atoms with Crippen LogP contribution in [0.25, 0.3) is 22.3 Å². The predicted octanol–water partition coefficient (Wildman–Crippen LogP) is 4.32. The molecule has 2 atom stereocenters. The zero-order valence-electron chi connectivity index (χ0n) is 19.8. The number of para-hydroxylation sites is 1. The molecule has 5 aromatic rings. The summed E-state index contributed by atoms with van der Waals surface area (Å²) in [6.07, 6.45) is 0.380. The minimum absolute atomic E-state index is 0.295. The van der Waals surface area contributed by atoms with E-state index in [0.717, 1.165) is 39.4 Å². The molecule has 1 aliphatic heterocycles. The topological polar surface area (TPSA) is 99.8 Å². The SMILES string of the molecule is COC(=O)[C@@H]1Cc2c([nH]c3ccccc23)[C@@H](c2cc(F)cc(F)c2)N1Cc1cccc(-c2nn[nH]n2)c1. The predicted molar refractivity (Wildman–Crippen MR) is 131 cm³/mol. The Morgan fingerprint density at radius 1 is 1.08 bits per heavy atom. The number of rotatable bonds is 5. The van der Waals surface area contributed by atoms with E-state index in [-0.39, 0.29) is 0 Å². The number of aromatic amines is 2. The number of tetrazole rings is 1. The smallest absolute Gasteiger partial charge is 0.323 e. The van der Waals surface area contributed by atoms with Gasteiger partial charge in [0.1, 0.15) is 17.7 Å². The number of hydrogen-bond donors (Lipinski definition) is 2. The van der Waals surface area contributed by atoms with Crippen LogP contribution in [0.2, 0.25) is 0 Å². The number of ether oxygens (including phenoxy) is 1. The first-order chi connectivity index (χ1) is 18.0. The first-order valence-electron chi connectivity index (χ1n) is 11.7. The van der Waals surface area contributed by atoms with Crippen molar-refractivity contribution in [1.82, 2.24) is 30.5 Å². The lowest BCUT2D eigenvalue weighted by Gasteiger charge is -2.41. The van der Waals surface area contributed by atoms with Crippen LogP contribution >= 0.6 is 0 Å². The van der Waals surface area contributed by atoms with E-state index < -0.39 is 29.7 Å². The maximum Gasteiger partial charge on any atom is 0.323 e. The van der Waals surface area contributed by atoms with Gasteiger partial charge in [0.25, 0.3) is 0 Å². The molecule has 0 amide bonds. The monoisotopic (exact) mass is 500 g/mol. The molecule has 0 radical (unpaired) electrons. The molecule has 37 heavy (non-hydrogen) atoms. The summed E-state index contributed by atoms with van der Waals surface area (Å²) in [6, 6.07) is 17.4. The second kappa shape index (κ2) is 9.21. The van der Waals surface area contributed by atoms with E-state index in [1.54, 1.807) is 0 Å². The number of carbonyl (C=O) groups is 1. The van der Waals surface area contributed by atoms with Crippen LogP contribution in [0.15, 0.2) is 66.7 Å². The van der Waals surface area contributed by atoms with Crippen LogP contribution in [0.3, 0.4) is 0 Å². The standard InChI is InChI=1S/C27H22F2N6O2/c1-37-27(36)23-13-21-20-7-2-3-8-22(20)30-24(21)25(17-10-18(28)12-19(29)11-17)35(23)14-15-5-4-6-16(9-15)26-31-33-34-32-26/h2-12,23,25,30H,13-14H2,1H3,(H,31,32,33,34)/t23-,25+/m0/s1. The van der Waals surface area contributed by atoms with E-state index in [0.29, 0.717) is 24.4 Å². The molecular weight excluding hydrogens is 478 g/mol. The van der Waals surface area contributed by atoms with Gasteiger partial charge in [-0.05, 0) is 46.2 Å². The van der Waals surface area contributed by atoms with Gasteiger partial charge in [0.15, 0.2) is 0 Å². The lowest BCUT2D eigenvalue weighted by molar-refractivity contribution is -0.148. The van der Waals surface area contributed by atoms with Crippen LogP contribution in [-0.4, -0.2) is 49.6 Å². The van der Waals surface area contributed by atoms with Crippen molar-refractivity contribution in [1.29, 1.82) is 0 Å². The van der Waals surface area contributed by atoms with Crippen LogP contribution < -0.4 is 0 Å². The van der Waals surface area contributed by atoms with Crippen molar-refractivity contribution in [3.8, 4) is 11.4 Å². The Bertz CT molecular complexity index is 1580. The number of carbonyl (C=O) groups excluding carboxylic acids is 1. The molecule has 0 aliphatic carbocycles. The third-order valence-electron chi connectivity index (χ3n) is 6.82. The molecule has 0 saturated carbocycles. The van der Waals surface area contributed by atoms with E-state index in [1.807, 2.05) is 53.4 Å². The van der Waals surface area contributed by atoms with Crippen molar-refractivity contribution in [2.45, 2.75) is 25.0 Å². The number of nitrogens with one attached hydrogen (secondary N) is 2. The first kappa shape index (κ1) is 23.0. The zero-order valence-corrected chi connectivity index (χ0v) is 19.8. The summed E-state index contributed by atoms with van der Waals surface area (Å²) in [4.78, 5) is 18.5. The maximum atomic E-state index is 14.5. The van der Waals surface area contributed by atoms with Crippen molar-refractivity contribution in [2.24, 2.45) is 0 Å². The Hall–Kier alpha value is -4.44. The van der Waals surface area contributed by atoms with Crippen LogP contribution in [-0.2, 0) is 22.5 Å². The summed E-state index contributed by atoms with van der Waals surface area (Å²) >= 11 is 0. The van der Waals surface area contributed by atoms with Gasteiger partial charge in [-0.15, -0.1) is 10.2 Å². The molecule has 0 spiro atoms. The van der Waals surface area contributed by atoms with Gasteiger partial charge in [0.2, 0.25) is 5.82 Å². The Balaban J connectivity index is 1.52. The number of hydrogen-bond acceptors (Lipinski definition) is 6. The number of aromatic nitrogens is 5. The average Bonchev–Trinajstić information content (AvgIpc) is 3.56. The summed E-state index contributed by atoms with van der Waals surface area (Å²) in [5.74, 6) is -1.36. The summed E-state index contributed by atoms with van der Waals surface area (Å²) in [7, 11) is 1.35. The minimum Gasteiger partial charge on any atom is -0.468 e. The Morgan fingerprint density at radius 2 is 1.89 bits per heavy atom. The van der Waals surface area contributed by atoms with Crippen molar-refractivity contribution < 1.29 is 18.3 Å². The molecular formula is C27H22F2N6O2. The fraction of sp³-hybridized carbons (Fsp3) is 0.185. The largest absolute Gasteiger partial charge is 0.468 e. The number of nitrogens with zero attached hydrogens (tertiary/aromatic N) is 4. The lowest BCUT2D eigenvalue weighted by Crippen LogP contribution is -2.48. The highest BCUT2D eigenvalue weighted by atomic mass is 19.1. The van der Waals surface area contributed by atoms with Crippen LogP contribution in [0.5, 0.6) is 0 Å². The second-order valence-corrected chi connectivity index (χ2v) is 9.02. The molecule has 0 saturated heterocycles. The lowest BCUT2D eigenvalue weighted by atomic mass is 9.87. The fourth-order valence-corrected chi connectivity index (χ4v) is 5.28. The molecule has 8 nitrogen and oxygen atoms in total. The highest BCUT2D eigenvalue weighted by Gasteiger charge is 2.41. The normalized spacial score (nSPS) is 17.6. The number of halogens is 2. The van der Waals surface area contributed by atoms with E-state index in [2.05, 4.69) is 25.6 Å². The van der Waals surface area contributed by atoms with Crippen LogP contribution in [0.4, 0.5) is 8.78 Å². The summed E-state index contributed by atoms with van der Waals surface area (Å²) in [5.41, 5.74) is 4.61. The van der Waals surface area contributed by atoms with E-state index in [9.17, 15) is 13.6 Å². The summed E-state index contributed by atoms with van der Waals surface area (Å²) in [6.45, 7) is 0.295. The van der Waals surface area contributed by atoms with Gasteiger partial charge in [0, 0.05) is 41.2 Å². The van der Waals surface area contributed by atoms with Crippen molar-refractivity contribution in [3.05, 3.63) is 101 Å². The molecule has 10 heteroatoms. The second-order valence-electron chi connectivity index (χ2n) is 9.02. The van der Waals surface area contributed by atoms with Crippen molar-refractivity contribution in [2.75, 3.05) is 7.11 Å². The number of fused-ring (bicyclic) bond motifs is 3. The van der Waals surface area contributed by atoms with Gasteiger partial charge in [-0.3, -0.25) is 9.69 Å². The molecule has 1 aliphatic rings. The van der Waals surface area contributed by atoms with Crippen LogP contribution in [0.1, 0.15) is 28.4 Å². The number of esters is 1. The van der Waals surface area contributed by atoms with Gasteiger partial charge in [-0.1, -0.05) is 36.4 Å². The fourth-order valence-electron chi connectivity index (χ4n) is 5.28. The molecule has 186 valence electrons.